The van der Waals surface area contributed by atoms with Crippen molar-refractivity contribution in [2.75, 3.05) is 11.9 Å². The van der Waals surface area contributed by atoms with Crippen LogP contribution in [0.3, 0.4) is 0 Å². The molecule has 0 bridgehead atoms. The molecule has 0 saturated carbocycles. The number of nitrogens with zero attached hydrogens (tertiary/aromatic N) is 3. The van der Waals surface area contributed by atoms with Gasteiger partial charge in [0.25, 0.3) is 0 Å². The number of anilines is 2. The summed E-state index contributed by atoms with van der Waals surface area (Å²) in [6.07, 6.45) is 1.17. The van der Waals surface area contributed by atoms with Crippen molar-refractivity contribution in [2.24, 2.45) is 5.92 Å². The average molecular weight is 487 g/mol. The number of aromatic nitrogens is 2. The van der Waals surface area contributed by atoms with E-state index in [0.29, 0.717) is 23.6 Å². The summed E-state index contributed by atoms with van der Waals surface area (Å²) < 4.78 is 11.6. The lowest BCUT2D eigenvalue weighted by atomic mass is 10.2. The molecule has 0 atom stereocenters. The van der Waals surface area contributed by atoms with Gasteiger partial charge in [0.05, 0.1) is 17.1 Å². The van der Waals surface area contributed by atoms with Gasteiger partial charge in [0.2, 0.25) is 5.82 Å². The summed E-state index contributed by atoms with van der Waals surface area (Å²) in [6, 6.07) is 13.1. The van der Waals surface area contributed by atoms with E-state index in [4.69, 9.17) is 9.47 Å². The SMILES string of the molecule is CC(C)COC(=O)c1ccc(Nc2ncnc(Oc3ccc(Br)cc3)c2[N+](=O)[O-])cc1. The number of hydrogen-bond donors (Lipinski definition) is 1. The molecule has 31 heavy (non-hydrogen) atoms. The zero-order chi connectivity index (χ0) is 22.4. The fraction of sp³-hybridized carbons (Fsp3) is 0.190. The van der Waals surface area contributed by atoms with Crippen LogP contribution in [0, 0.1) is 16.0 Å². The number of nitrogens with one attached hydrogen (secondary N) is 1. The molecule has 2 aromatic carbocycles. The number of benzene rings is 2. The lowest BCUT2D eigenvalue weighted by molar-refractivity contribution is -0.385. The normalized spacial score (nSPS) is 10.6. The van der Waals surface area contributed by atoms with Crippen molar-refractivity contribution in [3.05, 3.63) is 75.0 Å². The second kappa shape index (κ2) is 9.98. The highest BCUT2D eigenvalue weighted by Crippen LogP contribution is 2.35. The first-order chi connectivity index (χ1) is 14.8. The lowest BCUT2D eigenvalue weighted by Crippen LogP contribution is -2.10. The topological polar surface area (TPSA) is 116 Å². The van der Waals surface area contributed by atoms with Crippen molar-refractivity contribution in [3.8, 4) is 11.6 Å². The highest BCUT2D eigenvalue weighted by Gasteiger charge is 2.25. The zero-order valence-electron chi connectivity index (χ0n) is 16.7. The molecule has 0 fully saturated rings. The zero-order valence-corrected chi connectivity index (χ0v) is 18.3. The minimum Gasteiger partial charge on any atom is -0.462 e. The molecule has 0 aliphatic carbocycles. The van der Waals surface area contributed by atoms with Crippen molar-refractivity contribution in [1.82, 2.24) is 9.97 Å². The van der Waals surface area contributed by atoms with E-state index in [2.05, 4.69) is 31.2 Å². The molecule has 3 rings (SSSR count). The number of rotatable bonds is 8. The van der Waals surface area contributed by atoms with E-state index in [0.717, 1.165) is 4.47 Å². The third-order valence-corrected chi connectivity index (χ3v) is 4.46. The maximum Gasteiger partial charge on any atom is 0.373 e. The van der Waals surface area contributed by atoms with Gasteiger partial charge in [-0.3, -0.25) is 10.1 Å². The average Bonchev–Trinajstić information content (AvgIpc) is 2.74. The molecule has 0 radical (unpaired) electrons. The van der Waals surface area contributed by atoms with Crippen LogP contribution in [0.2, 0.25) is 0 Å². The molecule has 0 aliphatic heterocycles. The van der Waals surface area contributed by atoms with Crippen LogP contribution in [0.1, 0.15) is 24.2 Å². The van der Waals surface area contributed by atoms with Crippen molar-refractivity contribution in [3.63, 3.8) is 0 Å². The Labute approximate surface area is 186 Å². The van der Waals surface area contributed by atoms with Crippen LogP contribution < -0.4 is 10.1 Å². The largest absolute Gasteiger partial charge is 0.462 e. The smallest absolute Gasteiger partial charge is 0.373 e. The first-order valence-electron chi connectivity index (χ1n) is 9.30. The summed E-state index contributed by atoms with van der Waals surface area (Å²) in [7, 11) is 0. The fourth-order valence-corrected chi connectivity index (χ4v) is 2.72. The summed E-state index contributed by atoms with van der Waals surface area (Å²) in [6.45, 7) is 4.22. The summed E-state index contributed by atoms with van der Waals surface area (Å²) in [4.78, 5) is 31.0. The van der Waals surface area contributed by atoms with Gasteiger partial charge in [-0.15, -0.1) is 0 Å². The molecular weight excluding hydrogens is 468 g/mol. The first-order valence-corrected chi connectivity index (χ1v) is 10.1. The molecule has 1 N–H and O–H groups in total. The molecule has 1 heterocycles. The summed E-state index contributed by atoms with van der Waals surface area (Å²) >= 11 is 3.32. The Morgan fingerprint density at radius 2 is 1.81 bits per heavy atom. The Kier molecular flexibility index (Phi) is 7.14. The lowest BCUT2D eigenvalue weighted by Gasteiger charge is -2.10. The molecule has 160 valence electrons. The number of carbonyl (C=O) groups excluding carboxylic acids is 1. The van der Waals surface area contributed by atoms with Gasteiger partial charge in [-0.1, -0.05) is 29.8 Å². The minimum absolute atomic E-state index is 0.0396. The molecule has 1 aromatic heterocycles. The molecule has 0 aliphatic rings. The molecular formula is C21H19BrN4O5. The molecule has 0 unspecified atom stereocenters. The highest BCUT2D eigenvalue weighted by molar-refractivity contribution is 9.10. The van der Waals surface area contributed by atoms with Crippen LogP contribution in [0.5, 0.6) is 11.6 Å². The number of halogens is 1. The van der Waals surface area contributed by atoms with Gasteiger partial charge in [-0.25, -0.2) is 9.78 Å². The first kappa shape index (κ1) is 22.2. The number of ether oxygens (including phenoxy) is 2. The quantitative estimate of drug-likeness (QED) is 0.252. The van der Waals surface area contributed by atoms with Gasteiger partial charge in [-0.2, -0.15) is 4.98 Å². The summed E-state index contributed by atoms with van der Waals surface area (Å²) in [5.41, 5.74) is 0.463. The van der Waals surface area contributed by atoms with Crippen molar-refractivity contribution < 1.29 is 19.2 Å². The Bertz CT molecular complexity index is 1070. The van der Waals surface area contributed by atoms with Gasteiger partial charge >= 0.3 is 17.5 Å². The van der Waals surface area contributed by atoms with E-state index >= 15 is 0 Å². The third kappa shape index (κ3) is 5.98. The number of carbonyl (C=O) groups is 1. The Hall–Kier alpha value is -3.53. The maximum absolute atomic E-state index is 12.0. The molecule has 0 saturated heterocycles. The summed E-state index contributed by atoms with van der Waals surface area (Å²) in [5.74, 6) is -0.0448. The van der Waals surface area contributed by atoms with Crippen molar-refractivity contribution in [1.29, 1.82) is 0 Å². The van der Waals surface area contributed by atoms with Crippen LogP contribution in [0.4, 0.5) is 17.2 Å². The second-order valence-electron chi connectivity index (χ2n) is 6.88. The van der Waals surface area contributed by atoms with Gasteiger partial charge < -0.3 is 14.8 Å². The fourth-order valence-electron chi connectivity index (χ4n) is 2.46. The van der Waals surface area contributed by atoms with Gasteiger partial charge in [0.1, 0.15) is 12.1 Å². The van der Waals surface area contributed by atoms with Crippen molar-refractivity contribution in [2.45, 2.75) is 13.8 Å². The number of esters is 1. The Morgan fingerprint density at radius 3 is 2.42 bits per heavy atom. The van der Waals surface area contributed by atoms with Crippen LogP contribution in [-0.4, -0.2) is 27.5 Å². The van der Waals surface area contributed by atoms with Crippen molar-refractivity contribution >= 4 is 39.1 Å². The van der Waals surface area contributed by atoms with E-state index in [1.165, 1.54) is 6.33 Å². The molecule has 10 heteroatoms. The molecule has 3 aromatic rings. The number of nitro groups is 1. The second-order valence-corrected chi connectivity index (χ2v) is 7.80. The third-order valence-electron chi connectivity index (χ3n) is 3.93. The van der Waals surface area contributed by atoms with Crippen LogP contribution in [0.25, 0.3) is 0 Å². The van der Waals surface area contributed by atoms with Crippen LogP contribution >= 0.6 is 15.9 Å². The van der Waals surface area contributed by atoms with E-state index in [1.54, 1.807) is 48.5 Å². The molecule has 0 spiro atoms. The predicted molar refractivity (Wildman–Crippen MR) is 118 cm³/mol. The highest BCUT2D eigenvalue weighted by atomic mass is 79.9. The van der Waals surface area contributed by atoms with E-state index in [-0.39, 0.29) is 17.6 Å². The van der Waals surface area contributed by atoms with Crippen LogP contribution in [-0.2, 0) is 4.74 Å². The Morgan fingerprint density at radius 1 is 1.13 bits per heavy atom. The van der Waals surface area contributed by atoms with Gasteiger partial charge in [-0.05, 0) is 54.4 Å². The monoisotopic (exact) mass is 486 g/mol. The Balaban J connectivity index is 1.80. The standard InChI is InChI=1S/C21H19BrN4O5/c1-13(2)11-30-21(27)14-3-7-16(8-4-14)25-19-18(26(28)29)20(24-12-23-19)31-17-9-5-15(22)6-10-17/h3-10,12-13H,11H2,1-2H3,(H,23,24,25). The number of hydrogen-bond acceptors (Lipinski definition) is 8. The van der Waals surface area contributed by atoms with E-state index in [1.807, 2.05) is 13.8 Å². The summed E-state index contributed by atoms with van der Waals surface area (Å²) in [5, 5.41) is 14.6. The van der Waals surface area contributed by atoms with Gasteiger partial charge in [0.15, 0.2) is 0 Å². The van der Waals surface area contributed by atoms with E-state index < -0.39 is 16.6 Å². The van der Waals surface area contributed by atoms with Crippen LogP contribution in [0.15, 0.2) is 59.3 Å². The van der Waals surface area contributed by atoms with E-state index in [9.17, 15) is 14.9 Å². The molecule has 9 nitrogen and oxygen atoms in total. The maximum atomic E-state index is 12.0. The molecule has 0 amide bonds. The predicted octanol–water partition coefficient (Wildman–Crippen LogP) is 5.50. The minimum atomic E-state index is -0.617. The van der Waals surface area contributed by atoms with Gasteiger partial charge in [0, 0.05) is 10.2 Å².